The Kier molecular flexibility index (Phi) is 5.77. The number of nitriles is 1. The minimum atomic E-state index is -0.483. The van der Waals surface area contributed by atoms with Crippen molar-refractivity contribution >= 4 is 49.9 Å². The van der Waals surface area contributed by atoms with Gasteiger partial charge in [-0.3, -0.25) is 0 Å². The number of esters is 1. The molecule has 0 unspecified atom stereocenters. The van der Waals surface area contributed by atoms with Crippen LogP contribution in [0.3, 0.4) is 0 Å². The molecular weight excluding hydrogens is 444 g/mol. The van der Waals surface area contributed by atoms with E-state index < -0.39 is 5.97 Å². The van der Waals surface area contributed by atoms with Crippen LogP contribution in [0.15, 0.2) is 84.9 Å². The molecule has 0 fully saturated rings. The van der Waals surface area contributed by atoms with Crippen molar-refractivity contribution in [1.82, 2.24) is 4.98 Å². The van der Waals surface area contributed by atoms with Crippen LogP contribution in [0.2, 0.25) is 0 Å². The molecule has 0 spiro atoms. The SMILES string of the molecule is COc1ccc(/C=C(\C#N)c2nc3ccccc3s2)cc1OC(=O)c1cccc2ccccc12. The molecular formula is C28H18N2O3S. The Labute approximate surface area is 200 Å². The average Bonchev–Trinajstić information content (AvgIpc) is 3.31. The van der Waals surface area contributed by atoms with Gasteiger partial charge in [-0.25, -0.2) is 9.78 Å². The van der Waals surface area contributed by atoms with Gasteiger partial charge < -0.3 is 9.47 Å². The summed E-state index contributed by atoms with van der Waals surface area (Å²) in [5.74, 6) is 0.211. The van der Waals surface area contributed by atoms with Crippen LogP contribution < -0.4 is 9.47 Å². The third-order valence-corrected chi connectivity index (χ3v) is 6.43. The summed E-state index contributed by atoms with van der Waals surface area (Å²) < 4.78 is 12.2. The molecule has 0 bridgehead atoms. The van der Waals surface area contributed by atoms with E-state index in [1.807, 2.05) is 60.7 Å². The molecule has 1 heterocycles. The van der Waals surface area contributed by atoms with Gasteiger partial charge in [0.05, 0.1) is 28.5 Å². The number of thiazole rings is 1. The number of ether oxygens (including phenoxy) is 2. The normalized spacial score (nSPS) is 11.4. The van der Waals surface area contributed by atoms with Crippen molar-refractivity contribution < 1.29 is 14.3 Å². The number of aromatic nitrogens is 1. The van der Waals surface area contributed by atoms with Gasteiger partial charge in [-0.2, -0.15) is 5.26 Å². The van der Waals surface area contributed by atoms with E-state index in [2.05, 4.69) is 11.1 Å². The lowest BCUT2D eigenvalue weighted by molar-refractivity contribution is 0.0732. The van der Waals surface area contributed by atoms with E-state index in [1.165, 1.54) is 18.4 Å². The predicted octanol–water partition coefficient (Wildman–Crippen LogP) is 6.74. The second kappa shape index (κ2) is 9.18. The fraction of sp³-hybridized carbons (Fsp3) is 0.0357. The molecule has 1 aromatic heterocycles. The number of allylic oxidation sites excluding steroid dienone is 1. The molecule has 4 aromatic carbocycles. The van der Waals surface area contributed by atoms with Crippen LogP contribution >= 0.6 is 11.3 Å². The Morgan fingerprint density at radius 2 is 1.76 bits per heavy atom. The molecule has 0 aliphatic heterocycles. The van der Waals surface area contributed by atoms with Crippen LogP contribution in [0.1, 0.15) is 20.9 Å². The third kappa shape index (κ3) is 4.13. The van der Waals surface area contributed by atoms with E-state index >= 15 is 0 Å². The quantitative estimate of drug-likeness (QED) is 0.164. The summed E-state index contributed by atoms with van der Waals surface area (Å²) in [5, 5.41) is 12.2. The highest BCUT2D eigenvalue weighted by Crippen LogP contribution is 2.33. The molecule has 0 atom stereocenters. The molecule has 0 saturated heterocycles. The van der Waals surface area contributed by atoms with Crippen molar-refractivity contribution in [3.05, 3.63) is 101 Å². The number of carbonyl (C=O) groups is 1. The molecule has 5 nitrogen and oxygen atoms in total. The van der Waals surface area contributed by atoms with Crippen molar-refractivity contribution in [3.63, 3.8) is 0 Å². The van der Waals surface area contributed by atoms with Gasteiger partial charge in [0, 0.05) is 0 Å². The molecule has 34 heavy (non-hydrogen) atoms. The summed E-state index contributed by atoms with van der Waals surface area (Å²) in [4.78, 5) is 17.6. The highest BCUT2D eigenvalue weighted by atomic mass is 32.1. The molecule has 0 aliphatic rings. The standard InChI is InChI=1S/C28H18N2O3S/c1-32-24-14-13-18(15-20(17-29)27-30-23-11-4-5-12-26(23)34-27)16-25(24)33-28(31)22-10-6-8-19-7-2-3-9-21(19)22/h2-16H,1H3/b20-15+. The molecule has 6 heteroatoms. The van der Waals surface area contributed by atoms with E-state index in [0.29, 0.717) is 27.5 Å². The maximum Gasteiger partial charge on any atom is 0.344 e. The van der Waals surface area contributed by atoms with Gasteiger partial charge in [0.25, 0.3) is 0 Å². The molecule has 0 aliphatic carbocycles. The van der Waals surface area contributed by atoms with E-state index in [9.17, 15) is 10.1 Å². The highest BCUT2D eigenvalue weighted by Gasteiger charge is 2.16. The number of fused-ring (bicyclic) bond motifs is 2. The van der Waals surface area contributed by atoms with Crippen molar-refractivity contribution in [2.24, 2.45) is 0 Å². The van der Waals surface area contributed by atoms with Crippen LogP contribution in [0.5, 0.6) is 11.5 Å². The molecule has 5 aromatic rings. The number of para-hydroxylation sites is 1. The zero-order chi connectivity index (χ0) is 23.5. The number of rotatable bonds is 5. The molecule has 5 rings (SSSR count). The van der Waals surface area contributed by atoms with Gasteiger partial charge >= 0.3 is 5.97 Å². The lowest BCUT2D eigenvalue weighted by Gasteiger charge is -2.11. The zero-order valence-corrected chi connectivity index (χ0v) is 19.0. The van der Waals surface area contributed by atoms with E-state index in [0.717, 1.165) is 21.0 Å². The number of hydrogen-bond acceptors (Lipinski definition) is 6. The van der Waals surface area contributed by atoms with Crippen LogP contribution in [0.4, 0.5) is 0 Å². The van der Waals surface area contributed by atoms with Crippen molar-refractivity contribution in [2.75, 3.05) is 7.11 Å². The van der Waals surface area contributed by atoms with E-state index in [4.69, 9.17) is 9.47 Å². The lowest BCUT2D eigenvalue weighted by atomic mass is 10.0. The first kappa shape index (κ1) is 21.4. The van der Waals surface area contributed by atoms with Gasteiger partial charge in [-0.15, -0.1) is 11.3 Å². The second-order valence-electron chi connectivity index (χ2n) is 7.48. The maximum absolute atomic E-state index is 13.1. The Balaban J connectivity index is 1.49. The maximum atomic E-state index is 13.1. The van der Waals surface area contributed by atoms with E-state index in [-0.39, 0.29) is 5.75 Å². The Hall–Kier alpha value is -4.47. The summed E-state index contributed by atoms with van der Waals surface area (Å²) >= 11 is 1.46. The number of carbonyl (C=O) groups excluding carboxylic acids is 1. The summed E-state index contributed by atoms with van der Waals surface area (Å²) in [6, 6.07) is 28.4. The summed E-state index contributed by atoms with van der Waals surface area (Å²) in [6.45, 7) is 0. The first-order valence-electron chi connectivity index (χ1n) is 10.5. The minimum Gasteiger partial charge on any atom is -0.493 e. The molecule has 0 radical (unpaired) electrons. The van der Waals surface area contributed by atoms with Gasteiger partial charge in [-0.1, -0.05) is 54.6 Å². The van der Waals surface area contributed by atoms with Crippen molar-refractivity contribution in [2.45, 2.75) is 0 Å². The van der Waals surface area contributed by atoms with Crippen molar-refractivity contribution in [1.29, 1.82) is 5.26 Å². The Bertz CT molecular complexity index is 1570. The average molecular weight is 463 g/mol. The van der Waals surface area contributed by atoms with Crippen LogP contribution in [-0.2, 0) is 0 Å². The smallest absolute Gasteiger partial charge is 0.344 e. The Morgan fingerprint density at radius 3 is 2.59 bits per heavy atom. The molecule has 0 N–H and O–H groups in total. The van der Waals surface area contributed by atoms with Crippen LogP contribution in [0.25, 0.3) is 32.6 Å². The number of nitrogens with zero attached hydrogens (tertiary/aromatic N) is 2. The van der Waals surface area contributed by atoms with Gasteiger partial charge in [-0.05, 0) is 52.7 Å². The monoisotopic (exact) mass is 462 g/mol. The topological polar surface area (TPSA) is 72.2 Å². The van der Waals surface area contributed by atoms with Gasteiger partial charge in [0.2, 0.25) is 0 Å². The van der Waals surface area contributed by atoms with Gasteiger partial charge in [0.15, 0.2) is 11.5 Å². The fourth-order valence-electron chi connectivity index (χ4n) is 3.72. The Morgan fingerprint density at radius 1 is 0.971 bits per heavy atom. The minimum absolute atomic E-state index is 0.274. The van der Waals surface area contributed by atoms with E-state index in [1.54, 1.807) is 30.3 Å². The van der Waals surface area contributed by atoms with Gasteiger partial charge in [0.1, 0.15) is 11.1 Å². The molecule has 0 saturated carbocycles. The summed E-state index contributed by atoms with van der Waals surface area (Å²) in [7, 11) is 1.52. The van der Waals surface area contributed by atoms with Crippen LogP contribution in [-0.4, -0.2) is 18.1 Å². The largest absolute Gasteiger partial charge is 0.493 e. The van der Waals surface area contributed by atoms with Crippen molar-refractivity contribution in [3.8, 4) is 17.6 Å². The third-order valence-electron chi connectivity index (χ3n) is 5.36. The predicted molar refractivity (Wildman–Crippen MR) is 135 cm³/mol. The first-order valence-corrected chi connectivity index (χ1v) is 11.3. The zero-order valence-electron chi connectivity index (χ0n) is 18.2. The molecule has 0 amide bonds. The number of hydrogen-bond donors (Lipinski definition) is 0. The summed E-state index contributed by atoms with van der Waals surface area (Å²) in [6.07, 6.45) is 1.73. The fourth-order valence-corrected chi connectivity index (χ4v) is 4.65. The summed E-state index contributed by atoms with van der Waals surface area (Å²) in [5.41, 5.74) is 2.44. The number of benzene rings is 4. The lowest BCUT2D eigenvalue weighted by Crippen LogP contribution is -2.10. The highest BCUT2D eigenvalue weighted by molar-refractivity contribution is 7.19. The number of methoxy groups -OCH3 is 1. The second-order valence-corrected chi connectivity index (χ2v) is 8.51. The molecule has 164 valence electrons. The van der Waals surface area contributed by atoms with Crippen LogP contribution in [0, 0.1) is 11.3 Å². The first-order chi connectivity index (χ1) is 16.7.